The number of halogens is 2. The molecule has 0 fully saturated rings. The van der Waals surface area contributed by atoms with Gasteiger partial charge in [-0.2, -0.15) is 0 Å². The molecule has 2 amide bonds. The van der Waals surface area contributed by atoms with Crippen LogP contribution in [0.5, 0.6) is 0 Å². The van der Waals surface area contributed by atoms with E-state index in [1.807, 2.05) is 36.6 Å². The molecule has 0 saturated heterocycles. The fourth-order valence-corrected chi connectivity index (χ4v) is 4.28. The van der Waals surface area contributed by atoms with Crippen molar-refractivity contribution in [3.63, 3.8) is 0 Å². The highest BCUT2D eigenvalue weighted by Gasteiger charge is 2.21. The van der Waals surface area contributed by atoms with Crippen LogP contribution in [0.15, 0.2) is 64.7 Å². The summed E-state index contributed by atoms with van der Waals surface area (Å²) in [6.07, 6.45) is 1.71. The number of nitrogens with zero attached hydrogens (tertiary/aromatic N) is 3. The number of allylic oxidation sites excluding steroid dienone is 1. The lowest BCUT2D eigenvalue weighted by Crippen LogP contribution is -2.29. The van der Waals surface area contributed by atoms with Gasteiger partial charge in [-0.05, 0) is 49.7 Å². The predicted molar refractivity (Wildman–Crippen MR) is 136 cm³/mol. The molecule has 1 aromatic heterocycles. The molecule has 3 rings (SSSR count). The maximum atomic E-state index is 12.6. The number of hydrogen-bond donors (Lipinski definition) is 2. The first-order chi connectivity index (χ1) is 15.8. The summed E-state index contributed by atoms with van der Waals surface area (Å²) in [6.45, 7) is 8.00. The van der Waals surface area contributed by atoms with Crippen LogP contribution in [0, 0.1) is 6.92 Å². The predicted octanol–water partition coefficient (Wildman–Crippen LogP) is 5.41. The smallest absolute Gasteiger partial charge is 0.253 e. The number of thioether (sulfide) groups is 1. The molecule has 3 aromatic rings. The van der Waals surface area contributed by atoms with Crippen LogP contribution in [0.2, 0.25) is 5.02 Å². The molecule has 0 spiro atoms. The fraction of sp³-hybridized carbons (Fsp3) is 0.217. The maximum absolute atomic E-state index is 12.6. The number of nitrogens with one attached hydrogen (secondary N) is 2. The summed E-state index contributed by atoms with van der Waals surface area (Å²) in [5.41, 5.74) is 2.14. The van der Waals surface area contributed by atoms with Gasteiger partial charge in [0, 0.05) is 16.7 Å². The third kappa shape index (κ3) is 6.46. The maximum Gasteiger partial charge on any atom is 0.253 e. The van der Waals surface area contributed by atoms with Crippen molar-refractivity contribution in [1.82, 2.24) is 20.1 Å². The summed E-state index contributed by atoms with van der Waals surface area (Å²) < 4.78 is 2.81. The van der Waals surface area contributed by atoms with Crippen LogP contribution in [-0.4, -0.2) is 32.3 Å². The topological polar surface area (TPSA) is 88.9 Å². The number of carbonyl (C=O) groups is 2. The molecular weight excluding hydrogens is 526 g/mol. The van der Waals surface area contributed by atoms with Crippen LogP contribution >= 0.6 is 39.3 Å². The highest BCUT2D eigenvalue weighted by atomic mass is 79.9. The Bertz CT molecular complexity index is 1180. The lowest BCUT2D eigenvalue weighted by molar-refractivity contribution is -0.113. The third-order valence-corrected chi connectivity index (χ3v) is 6.87. The third-order valence-electron chi connectivity index (χ3n) is 4.68. The van der Waals surface area contributed by atoms with Crippen LogP contribution in [0.3, 0.4) is 0 Å². The lowest BCUT2D eigenvalue weighted by Gasteiger charge is -2.15. The van der Waals surface area contributed by atoms with E-state index < -0.39 is 6.04 Å². The molecule has 1 atom stereocenters. The minimum atomic E-state index is -0.435. The molecule has 172 valence electrons. The Hall–Kier alpha value is -2.62. The summed E-state index contributed by atoms with van der Waals surface area (Å²) >= 11 is 10.8. The largest absolute Gasteiger partial charge is 0.342 e. The van der Waals surface area contributed by atoms with Gasteiger partial charge in [0.1, 0.15) is 0 Å². The van der Waals surface area contributed by atoms with Gasteiger partial charge in [0.2, 0.25) is 5.91 Å². The summed E-state index contributed by atoms with van der Waals surface area (Å²) in [7, 11) is 0. The minimum absolute atomic E-state index is 0.156. The van der Waals surface area contributed by atoms with E-state index in [0.29, 0.717) is 28.1 Å². The first-order valence-corrected chi connectivity index (χ1v) is 12.2. The Labute approximate surface area is 210 Å². The SMILES string of the molecule is C=CCn1c(SCC(=O)Nc2ccc(Br)c(C)c2)nnc1[C@H](C)NC(=O)c1ccccc1Cl. The van der Waals surface area contributed by atoms with Crippen molar-refractivity contribution in [2.45, 2.75) is 31.6 Å². The zero-order chi connectivity index (χ0) is 24.0. The number of anilines is 1. The second-order valence-corrected chi connectivity index (χ2v) is 9.42. The Kier molecular flexibility index (Phi) is 8.71. The standard InChI is InChI=1S/C23H23BrClN5O2S/c1-4-11-30-21(15(3)26-22(32)17-7-5-6-8-19(17)25)28-29-23(30)33-13-20(31)27-16-9-10-18(24)14(2)12-16/h4-10,12,15H,1,11,13H2,2-3H3,(H,26,32)(H,27,31)/t15-/m0/s1. The second-order valence-electron chi connectivity index (χ2n) is 7.22. The first kappa shape index (κ1) is 25.0. The number of hydrogen-bond acceptors (Lipinski definition) is 5. The molecule has 0 saturated carbocycles. The van der Waals surface area contributed by atoms with E-state index in [0.717, 1.165) is 15.7 Å². The number of aromatic nitrogens is 3. The fourth-order valence-electron chi connectivity index (χ4n) is 3.06. The van der Waals surface area contributed by atoms with Crippen molar-refractivity contribution in [1.29, 1.82) is 0 Å². The summed E-state index contributed by atoms with van der Waals surface area (Å²) in [5, 5.41) is 15.2. The van der Waals surface area contributed by atoms with Gasteiger partial charge in [-0.1, -0.05) is 57.5 Å². The van der Waals surface area contributed by atoms with Crippen molar-refractivity contribution in [3.8, 4) is 0 Å². The molecule has 7 nitrogen and oxygen atoms in total. The van der Waals surface area contributed by atoms with Gasteiger partial charge in [-0.25, -0.2) is 0 Å². The van der Waals surface area contributed by atoms with E-state index in [1.54, 1.807) is 30.3 Å². The second kappa shape index (κ2) is 11.5. The van der Waals surface area contributed by atoms with Gasteiger partial charge in [-0.3, -0.25) is 9.59 Å². The average molecular weight is 549 g/mol. The van der Waals surface area contributed by atoms with E-state index in [-0.39, 0.29) is 17.6 Å². The molecule has 0 aliphatic heterocycles. The Balaban J connectivity index is 1.67. The van der Waals surface area contributed by atoms with E-state index >= 15 is 0 Å². The van der Waals surface area contributed by atoms with Crippen LogP contribution in [-0.2, 0) is 11.3 Å². The molecule has 0 aliphatic rings. The molecule has 33 heavy (non-hydrogen) atoms. The van der Waals surface area contributed by atoms with Gasteiger partial charge in [-0.15, -0.1) is 16.8 Å². The Morgan fingerprint density at radius 1 is 1.27 bits per heavy atom. The molecule has 0 bridgehead atoms. The number of aryl methyl sites for hydroxylation is 1. The van der Waals surface area contributed by atoms with Crippen molar-refractivity contribution in [3.05, 3.63) is 81.6 Å². The first-order valence-electron chi connectivity index (χ1n) is 10.1. The van der Waals surface area contributed by atoms with Crippen molar-refractivity contribution >= 4 is 56.8 Å². The van der Waals surface area contributed by atoms with Gasteiger partial charge in [0.05, 0.1) is 22.4 Å². The highest BCUT2D eigenvalue weighted by molar-refractivity contribution is 9.10. The monoisotopic (exact) mass is 547 g/mol. The molecular formula is C23H23BrClN5O2S. The van der Waals surface area contributed by atoms with Gasteiger partial charge >= 0.3 is 0 Å². The molecule has 2 N–H and O–H groups in total. The Morgan fingerprint density at radius 3 is 2.73 bits per heavy atom. The van der Waals surface area contributed by atoms with Crippen LogP contribution < -0.4 is 10.6 Å². The number of amides is 2. The van der Waals surface area contributed by atoms with Crippen molar-refractivity contribution in [2.24, 2.45) is 0 Å². The van der Waals surface area contributed by atoms with Gasteiger partial charge < -0.3 is 15.2 Å². The summed E-state index contributed by atoms with van der Waals surface area (Å²) in [4.78, 5) is 25.1. The number of carbonyl (C=O) groups excluding carboxylic acids is 2. The Morgan fingerprint density at radius 2 is 2.03 bits per heavy atom. The van der Waals surface area contributed by atoms with Crippen LogP contribution in [0.25, 0.3) is 0 Å². The van der Waals surface area contributed by atoms with Crippen molar-refractivity contribution < 1.29 is 9.59 Å². The van der Waals surface area contributed by atoms with E-state index in [1.165, 1.54) is 11.8 Å². The summed E-state index contributed by atoms with van der Waals surface area (Å²) in [5.74, 6) is 0.253. The normalized spacial score (nSPS) is 11.6. The zero-order valence-corrected chi connectivity index (χ0v) is 21.3. The number of rotatable bonds is 9. The molecule has 10 heteroatoms. The molecule has 0 unspecified atom stereocenters. The molecule has 0 radical (unpaired) electrons. The molecule has 1 heterocycles. The van der Waals surface area contributed by atoms with Crippen LogP contribution in [0.4, 0.5) is 5.69 Å². The van der Waals surface area contributed by atoms with Crippen molar-refractivity contribution in [2.75, 3.05) is 11.1 Å². The zero-order valence-electron chi connectivity index (χ0n) is 18.1. The minimum Gasteiger partial charge on any atom is -0.342 e. The highest BCUT2D eigenvalue weighted by Crippen LogP contribution is 2.23. The number of benzene rings is 2. The van der Waals surface area contributed by atoms with Gasteiger partial charge in [0.15, 0.2) is 11.0 Å². The van der Waals surface area contributed by atoms with E-state index in [4.69, 9.17) is 11.6 Å². The van der Waals surface area contributed by atoms with Crippen LogP contribution in [0.1, 0.15) is 34.7 Å². The average Bonchev–Trinajstić information content (AvgIpc) is 3.18. The lowest BCUT2D eigenvalue weighted by atomic mass is 10.2. The molecule has 2 aromatic carbocycles. The molecule has 0 aliphatic carbocycles. The quantitative estimate of drug-likeness (QED) is 0.276. The van der Waals surface area contributed by atoms with E-state index in [9.17, 15) is 9.59 Å². The van der Waals surface area contributed by atoms with E-state index in [2.05, 4.69) is 43.3 Å². The summed E-state index contributed by atoms with van der Waals surface area (Å²) in [6, 6.07) is 12.0. The van der Waals surface area contributed by atoms with Gasteiger partial charge in [0.25, 0.3) is 5.91 Å².